The topological polar surface area (TPSA) is 37.3 Å². The second kappa shape index (κ2) is 4.78. The molecule has 0 fully saturated rings. The van der Waals surface area contributed by atoms with Gasteiger partial charge >= 0.3 is 5.97 Å². The second-order valence-corrected chi connectivity index (χ2v) is 5.58. The van der Waals surface area contributed by atoms with Crippen LogP contribution in [0.2, 0.25) is 0 Å². The number of hydrogen-bond acceptors (Lipinski definition) is 1. The monoisotopic (exact) mass is 252 g/mol. The molecule has 0 unspecified atom stereocenters. The van der Waals surface area contributed by atoms with Crippen LogP contribution in [0.25, 0.3) is 10.8 Å². The quantitative estimate of drug-likeness (QED) is 0.781. The van der Waals surface area contributed by atoms with Crippen LogP contribution in [-0.2, 0) is 0 Å². The molecule has 2 heteroatoms. The van der Waals surface area contributed by atoms with Crippen LogP contribution in [0, 0.1) is 17.3 Å². The van der Waals surface area contributed by atoms with Crippen molar-refractivity contribution in [2.75, 3.05) is 0 Å². The molecule has 0 aliphatic rings. The maximum absolute atomic E-state index is 10.9. The molecular weight excluding hydrogens is 236 g/mol. The fraction of sp³-hybridized carbons (Fsp3) is 0.235. The summed E-state index contributed by atoms with van der Waals surface area (Å²) in [5.41, 5.74) is 1.23. The molecule has 0 aliphatic carbocycles. The van der Waals surface area contributed by atoms with E-state index in [1.807, 2.05) is 24.3 Å². The van der Waals surface area contributed by atoms with Crippen molar-refractivity contribution in [1.82, 2.24) is 0 Å². The molecule has 1 N–H and O–H groups in total. The van der Waals surface area contributed by atoms with Gasteiger partial charge < -0.3 is 5.11 Å². The molecule has 0 saturated carbocycles. The summed E-state index contributed by atoms with van der Waals surface area (Å²) in [6, 6.07) is 10.9. The van der Waals surface area contributed by atoms with Crippen molar-refractivity contribution in [1.29, 1.82) is 0 Å². The molecule has 2 rings (SSSR count). The normalized spacial score (nSPS) is 10.9. The Bertz CT molecular complexity index is 694. The standard InChI is InChI=1S/C17H16O2/c1-17(2,3)9-8-12-4-5-14-11-15(16(18)19)7-6-13(14)10-12/h4-7,10-11H,1-3H3,(H,18,19). The highest BCUT2D eigenvalue weighted by atomic mass is 16.4. The predicted molar refractivity (Wildman–Crippen MR) is 77.2 cm³/mol. The van der Waals surface area contributed by atoms with Crippen LogP contribution in [0.15, 0.2) is 36.4 Å². The summed E-state index contributed by atoms with van der Waals surface area (Å²) >= 11 is 0. The molecule has 0 bridgehead atoms. The third-order valence-corrected chi connectivity index (χ3v) is 2.67. The van der Waals surface area contributed by atoms with Crippen molar-refractivity contribution in [3.8, 4) is 11.8 Å². The molecule has 0 amide bonds. The Balaban J connectivity index is 2.44. The summed E-state index contributed by atoms with van der Waals surface area (Å²) in [5, 5.41) is 10.9. The first-order valence-corrected chi connectivity index (χ1v) is 6.15. The number of rotatable bonds is 1. The first kappa shape index (κ1) is 13.2. The molecule has 0 aromatic heterocycles. The van der Waals surface area contributed by atoms with Gasteiger partial charge in [-0.1, -0.05) is 24.0 Å². The van der Waals surface area contributed by atoms with E-state index in [1.54, 1.807) is 12.1 Å². The van der Waals surface area contributed by atoms with Gasteiger partial charge in [-0.25, -0.2) is 4.79 Å². The summed E-state index contributed by atoms with van der Waals surface area (Å²) in [5.74, 6) is 5.43. The van der Waals surface area contributed by atoms with Crippen LogP contribution >= 0.6 is 0 Å². The molecule has 2 aromatic carbocycles. The van der Waals surface area contributed by atoms with E-state index in [0.717, 1.165) is 16.3 Å². The highest BCUT2D eigenvalue weighted by Gasteiger charge is 2.05. The van der Waals surface area contributed by atoms with E-state index < -0.39 is 5.97 Å². The van der Waals surface area contributed by atoms with Gasteiger partial charge in [0.05, 0.1) is 5.56 Å². The highest BCUT2D eigenvalue weighted by Crippen LogP contribution is 2.18. The third kappa shape index (κ3) is 3.35. The Morgan fingerprint density at radius 1 is 1.05 bits per heavy atom. The van der Waals surface area contributed by atoms with Crippen LogP contribution in [0.4, 0.5) is 0 Å². The van der Waals surface area contributed by atoms with Gasteiger partial charge in [0.2, 0.25) is 0 Å². The number of carbonyl (C=O) groups is 1. The van der Waals surface area contributed by atoms with Crippen molar-refractivity contribution < 1.29 is 9.90 Å². The Morgan fingerprint density at radius 2 is 1.68 bits per heavy atom. The molecule has 2 aromatic rings. The lowest BCUT2D eigenvalue weighted by Gasteiger charge is -2.07. The van der Waals surface area contributed by atoms with Gasteiger partial charge in [0.1, 0.15) is 0 Å². The molecule has 2 nitrogen and oxygen atoms in total. The summed E-state index contributed by atoms with van der Waals surface area (Å²) in [6.07, 6.45) is 0. The molecule has 0 heterocycles. The Morgan fingerprint density at radius 3 is 2.32 bits per heavy atom. The highest BCUT2D eigenvalue weighted by molar-refractivity contribution is 5.94. The van der Waals surface area contributed by atoms with Gasteiger partial charge in [-0.05, 0) is 55.8 Å². The number of carboxylic acid groups (broad SMARTS) is 1. The van der Waals surface area contributed by atoms with Crippen LogP contribution in [0.1, 0.15) is 36.7 Å². The van der Waals surface area contributed by atoms with Crippen LogP contribution < -0.4 is 0 Å². The third-order valence-electron chi connectivity index (χ3n) is 2.67. The molecule has 0 aliphatic heterocycles. The van der Waals surface area contributed by atoms with Crippen molar-refractivity contribution >= 4 is 16.7 Å². The lowest BCUT2D eigenvalue weighted by atomic mass is 9.97. The van der Waals surface area contributed by atoms with Crippen molar-refractivity contribution in [3.63, 3.8) is 0 Å². The maximum Gasteiger partial charge on any atom is 0.335 e. The van der Waals surface area contributed by atoms with Gasteiger partial charge in [0, 0.05) is 11.0 Å². The minimum absolute atomic E-state index is 0.0257. The number of carboxylic acids is 1. The summed E-state index contributed by atoms with van der Waals surface area (Å²) < 4.78 is 0. The molecule has 0 spiro atoms. The number of aromatic carboxylic acids is 1. The second-order valence-electron chi connectivity index (χ2n) is 5.58. The Hall–Kier alpha value is -2.27. The van der Waals surface area contributed by atoms with Crippen molar-refractivity contribution in [2.45, 2.75) is 20.8 Å². The first-order chi connectivity index (χ1) is 8.85. The van der Waals surface area contributed by atoms with E-state index in [4.69, 9.17) is 5.11 Å². The maximum atomic E-state index is 10.9. The largest absolute Gasteiger partial charge is 0.478 e. The molecule has 0 saturated heterocycles. The van der Waals surface area contributed by atoms with E-state index in [1.165, 1.54) is 0 Å². The van der Waals surface area contributed by atoms with Crippen molar-refractivity contribution in [3.05, 3.63) is 47.5 Å². The fourth-order valence-corrected chi connectivity index (χ4v) is 1.72. The molecule has 0 radical (unpaired) electrons. The van der Waals surface area contributed by atoms with E-state index in [2.05, 4.69) is 32.6 Å². The lowest BCUT2D eigenvalue weighted by molar-refractivity contribution is 0.0697. The first-order valence-electron chi connectivity index (χ1n) is 6.15. The zero-order valence-corrected chi connectivity index (χ0v) is 11.3. The van der Waals surface area contributed by atoms with E-state index in [0.29, 0.717) is 5.56 Å². The van der Waals surface area contributed by atoms with E-state index in [-0.39, 0.29) is 5.41 Å². The van der Waals surface area contributed by atoms with E-state index in [9.17, 15) is 4.79 Å². The van der Waals surface area contributed by atoms with Gasteiger partial charge in [0.15, 0.2) is 0 Å². The van der Waals surface area contributed by atoms with Gasteiger partial charge in [-0.15, -0.1) is 0 Å². The van der Waals surface area contributed by atoms with Crippen LogP contribution in [0.5, 0.6) is 0 Å². The average molecular weight is 252 g/mol. The summed E-state index contributed by atoms with van der Waals surface area (Å²) in [7, 11) is 0. The predicted octanol–water partition coefficient (Wildman–Crippen LogP) is 3.94. The van der Waals surface area contributed by atoms with Gasteiger partial charge in [-0.2, -0.15) is 0 Å². The Kier molecular flexibility index (Phi) is 3.31. The van der Waals surface area contributed by atoms with Gasteiger partial charge in [0.25, 0.3) is 0 Å². The molecule has 0 atom stereocenters. The fourth-order valence-electron chi connectivity index (χ4n) is 1.72. The Labute approximate surface area is 113 Å². The smallest absolute Gasteiger partial charge is 0.335 e. The van der Waals surface area contributed by atoms with Crippen LogP contribution in [-0.4, -0.2) is 11.1 Å². The van der Waals surface area contributed by atoms with Crippen LogP contribution in [0.3, 0.4) is 0 Å². The van der Waals surface area contributed by atoms with E-state index >= 15 is 0 Å². The number of benzene rings is 2. The number of fused-ring (bicyclic) bond motifs is 1. The average Bonchev–Trinajstić information content (AvgIpc) is 2.34. The SMILES string of the molecule is CC(C)(C)C#Cc1ccc2cc(C(=O)O)ccc2c1. The number of hydrogen-bond donors (Lipinski definition) is 1. The van der Waals surface area contributed by atoms with Crippen molar-refractivity contribution in [2.24, 2.45) is 5.41 Å². The molecular formula is C17H16O2. The minimum atomic E-state index is -0.904. The summed E-state index contributed by atoms with van der Waals surface area (Å²) in [6.45, 7) is 6.21. The molecule has 96 valence electrons. The zero-order chi connectivity index (χ0) is 14.0. The summed E-state index contributed by atoms with van der Waals surface area (Å²) in [4.78, 5) is 10.9. The minimum Gasteiger partial charge on any atom is -0.478 e. The zero-order valence-electron chi connectivity index (χ0n) is 11.3. The molecule has 19 heavy (non-hydrogen) atoms. The van der Waals surface area contributed by atoms with Gasteiger partial charge in [-0.3, -0.25) is 0 Å². The lowest BCUT2D eigenvalue weighted by Crippen LogP contribution is -1.99.